The van der Waals surface area contributed by atoms with Crippen LogP contribution in [-0.4, -0.2) is 43.7 Å². The van der Waals surface area contributed by atoms with Crippen LogP contribution < -0.4 is 10.6 Å². The van der Waals surface area contributed by atoms with Gasteiger partial charge in [-0.25, -0.2) is 8.42 Å². The quantitative estimate of drug-likeness (QED) is 0.773. The zero-order valence-electron chi connectivity index (χ0n) is 15.3. The molecule has 1 saturated heterocycles. The van der Waals surface area contributed by atoms with E-state index in [1.165, 1.54) is 37.5 Å². The maximum absolute atomic E-state index is 12.9. The summed E-state index contributed by atoms with van der Waals surface area (Å²) in [5, 5.41) is 6.75. The van der Waals surface area contributed by atoms with Crippen LogP contribution in [-0.2, 0) is 20.4 Å². The summed E-state index contributed by atoms with van der Waals surface area (Å²) in [6.45, 7) is 1.08. The minimum absolute atomic E-state index is 0.314. The number of hydrogen-bond acceptors (Lipinski definition) is 5. The molecule has 0 bridgehead atoms. The first-order valence-corrected chi connectivity index (χ1v) is 12.3. The van der Waals surface area contributed by atoms with Gasteiger partial charge in [-0.2, -0.15) is 11.8 Å². The third kappa shape index (κ3) is 4.43. The first-order valence-electron chi connectivity index (χ1n) is 9.33. The Balaban J connectivity index is 1.69. The molecule has 0 unspecified atom stereocenters. The second kappa shape index (κ2) is 8.31. The number of rotatable bonds is 6. The van der Waals surface area contributed by atoms with Gasteiger partial charge in [0.1, 0.15) is 0 Å². The van der Waals surface area contributed by atoms with Crippen LogP contribution in [0.2, 0.25) is 0 Å². The van der Waals surface area contributed by atoms with E-state index in [4.69, 9.17) is 0 Å². The van der Waals surface area contributed by atoms with E-state index in [1.54, 1.807) is 0 Å². The van der Waals surface area contributed by atoms with Crippen molar-refractivity contribution in [3.05, 3.63) is 29.8 Å². The number of amides is 1. The van der Waals surface area contributed by atoms with Crippen molar-refractivity contribution in [2.24, 2.45) is 0 Å². The molecule has 2 N–H and O–H groups in total. The van der Waals surface area contributed by atoms with Crippen LogP contribution >= 0.6 is 11.8 Å². The molecule has 3 rings (SSSR count). The highest BCUT2D eigenvalue weighted by molar-refractivity contribution is 7.99. The van der Waals surface area contributed by atoms with Crippen LogP contribution in [0.4, 0.5) is 5.69 Å². The number of carbonyl (C=O) groups is 1. The Bertz CT molecular complexity index is 737. The van der Waals surface area contributed by atoms with Gasteiger partial charge in [0.2, 0.25) is 5.91 Å². The van der Waals surface area contributed by atoms with Gasteiger partial charge >= 0.3 is 0 Å². The highest BCUT2D eigenvalue weighted by atomic mass is 32.2. The molecule has 7 heteroatoms. The van der Waals surface area contributed by atoms with Crippen molar-refractivity contribution in [1.29, 1.82) is 0 Å². The number of nitrogens with one attached hydrogen (secondary N) is 2. The number of hydrogen-bond donors (Lipinski definition) is 2. The zero-order chi connectivity index (χ0) is 18.6. The second-order valence-corrected chi connectivity index (χ2v) is 11.0. The van der Waals surface area contributed by atoms with Gasteiger partial charge in [-0.05, 0) is 56.5 Å². The van der Waals surface area contributed by atoms with Gasteiger partial charge in [0.15, 0.2) is 14.6 Å². The van der Waals surface area contributed by atoms with E-state index in [9.17, 15) is 13.2 Å². The topological polar surface area (TPSA) is 75.3 Å². The van der Waals surface area contributed by atoms with E-state index < -0.39 is 20.5 Å². The van der Waals surface area contributed by atoms with Crippen LogP contribution in [0.5, 0.6) is 0 Å². The Labute approximate surface area is 160 Å². The summed E-state index contributed by atoms with van der Waals surface area (Å²) in [4.78, 5) is 12.9. The fourth-order valence-corrected chi connectivity index (χ4v) is 6.46. The van der Waals surface area contributed by atoms with Gasteiger partial charge in [-0.15, -0.1) is 0 Å². The molecular weight excluding hydrogens is 368 g/mol. The number of anilines is 1. The average molecular weight is 397 g/mol. The Morgan fingerprint density at radius 2 is 1.96 bits per heavy atom. The average Bonchev–Trinajstić information content (AvgIpc) is 3.13. The standard InChI is InChI=1S/C19H28N2O3S2/c1-26(23,24)19(9-11-20-12-10-19)18(22)21-16-6-4-5-15(13-16)14-25-17-7-2-3-8-17/h4-6,13,17,20H,2-3,7-12,14H2,1H3,(H,21,22). The Kier molecular flexibility index (Phi) is 6.30. The fraction of sp³-hybridized carbons (Fsp3) is 0.632. The summed E-state index contributed by atoms with van der Waals surface area (Å²) in [5.41, 5.74) is 1.85. The van der Waals surface area contributed by atoms with Crippen LogP contribution in [0.25, 0.3) is 0 Å². The van der Waals surface area contributed by atoms with Crippen molar-refractivity contribution in [2.75, 3.05) is 24.7 Å². The Hall–Kier alpha value is -1.05. The molecule has 5 nitrogen and oxygen atoms in total. The first-order chi connectivity index (χ1) is 12.4. The van der Waals surface area contributed by atoms with Gasteiger partial charge in [-0.1, -0.05) is 25.0 Å². The fourth-order valence-electron chi connectivity index (χ4n) is 3.85. The third-order valence-electron chi connectivity index (χ3n) is 5.51. The second-order valence-electron chi connectivity index (χ2n) is 7.39. The first kappa shape index (κ1) is 19.7. The summed E-state index contributed by atoms with van der Waals surface area (Å²) in [6, 6.07) is 7.79. The summed E-state index contributed by atoms with van der Waals surface area (Å²) in [5.74, 6) is 0.525. The molecule has 0 spiro atoms. The molecule has 0 radical (unpaired) electrons. The molecular formula is C19H28N2O3S2. The van der Waals surface area contributed by atoms with Crippen molar-refractivity contribution < 1.29 is 13.2 Å². The van der Waals surface area contributed by atoms with Gasteiger partial charge in [0.05, 0.1) is 0 Å². The van der Waals surface area contributed by atoms with Crippen molar-refractivity contribution in [3.63, 3.8) is 0 Å². The highest BCUT2D eigenvalue weighted by Gasteiger charge is 2.48. The van der Waals surface area contributed by atoms with E-state index in [0.717, 1.165) is 11.0 Å². The Morgan fingerprint density at radius 3 is 2.62 bits per heavy atom. The van der Waals surface area contributed by atoms with Gasteiger partial charge < -0.3 is 10.6 Å². The SMILES string of the molecule is CS(=O)(=O)C1(C(=O)Nc2cccc(CSC3CCCC3)c2)CCNCC1. The molecule has 144 valence electrons. The molecule has 1 aromatic rings. The molecule has 1 saturated carbocycles. The van der Waals surface area contributed by atoms with Crippen molar-refractivity contribution >= 4 is 33.2 Å². The maximum atomic E-state index is 12.9. The van der Waals surface area contributed by atoms with Crippen LogP contribution in [0.3, 0.4) is 0 Å². The van der Waals surface area contributed by atoms with E-state index in [-0.39, 0.29) is 0 Å². The molecule has 1 heterocycles. The summed E-state index contributed by atoms with van der Waals surface area (Å²) >= 11 is 1.98. The van der Waals surface area contributed by atoms with Crippen molar-refractivity contribution in [3.8, 4) is 0 Å². The monoisotopic (exact) mass is 396 g/mol. The minimum Gasteiger partial charge on any atom is -0.325 e. The smallest absolute Gasteiger partial charge is 0.245 e. The molecule has 2 fully saturated rings. The summed E-state index contributed by atoms with van der Waals surface area (Å²) in [6.07, 6.45) is 7.06. The van der Waals surface area contributed by atoms with Crippen molar-refractivity contribution in [1.82, 2.24) is 5.32 Å². The molecule has 0 aromatic heterocycles. The number of sulfone groups is 1. The number of piperidine rings is 1. The largest absolute Gasteiger partial charge is 0.325 e. The lowest BCUT2D eigenvalue weighted by Gasteiger charge is -2.34. The number of thioether (sulfide) groups is 1. The van der Waals surface area contributed by atoms with Crippen LogP contribution in [0.15, 0.2) is 24.3 Å². The van der Waals surface area contributed by atoms with E-state index in [0.29, 0.717) is 31.6 Å². The number of carbonyl (C=O) groups excluding carboxylic acids is 1. The molecule has 1 aromatic carbocycles. The van der Waals surface area contributed by atoms with Gasteiger partial charge in [0, 0.05) is 22.9 Å². The lowest BCUT2D eigenvalue weighted by atomic mass is 9.95. The molecule has 26 heavy (non-hydrogen) atoms. The summed E-state index contributed by atoms with van der Waals surface area (Å²) in [7, 11) is -3.49. The zero-order valence-corrected chi connectivity index (χ0v) is 16.9. The van der Waals surface area contributed by atoms with E-state index >= 15 is 0 Å². The third-order valence-corrected chi connectivity index (χ3v) is 8.96. The molecule has 1 aliphatic heterocycles. The van der Waals surface area contributed by atoms with Gasteiger partial charge in [0.25, 0.3) is 0 Å². The van der Waals surface area contributed by atoms with Crippen molar-refractivity contribution in [2.45, 2.75) is 54.3 Å². The van der Waals surface area contributed by atoms with E-state index in [1.807, 2.05) is 30.0 Å². The minimum atomic E-state index is -3.49. The summed E-state index contributed by atoms with van der Waals surface area (Å²) < 4.78 is 23.4. The maximum Gasteiger partial charge on any atom is 0.245 e. The molecule has 2 aliphatic rings. The molecule has 1 aliphatic carbocycles. The predicted octanol–water partition coefficient (Wildman–Crippen LogP) is 2.97. The highest BCUT2D eigenvalue weighted by Crippen LogP contribution is 2.32. The van der Waals surface area contributed by atoms with Crippen LogP contribution in [0.1, 0.15) is 44.1 Å². The van der Waals surface area contributed by atoms with Gasteiger partial charge in [-0.3, -0.25) is 4.79 Å². The van der Waals surface area contributed by atoms with E-state index in [2.05, 4.69) is 16.7 Å². The Morgan fingerprint density at radius 1 is 1.27 bits per heavy atom. The predicted molar refractivity (Wildman–Crippen MR) is 108 cm³/mol. The molecule has 1 amide bonds. The van der Waals surface area contributed by atoms with Crippen LogP contribution in [0, 0.1) is 0 Å². The molecule has 0 atom stereocenters. The normalized spacial score (nSPS) is 20.8. The lowest BCUT2D eigenvalue weighted by Crippen LogP contribution is -2.55. The number of benzene rings is 1. The lowest BCUT2D eigenvalue weighted by molar-refractivity contribution is -0.119.